The van der Waals surface area contributed by atoms with E-state index in [1.165, 1.54) is 0 Å². The van der Waals surface area contributed by atoms with Crippen molar-refractivity contribution in [1.82, 2.24) is 5.32 Å². The maximum Gasteiger partial charge on any atom is 0.287 e. The Kier molecular flexibility index (Phi) is 4.85. The first-order valence-corrected chi connectivity index (χ1v) is 9.89. The summed E-state index contributed by atoms with van der Waals surface area (Å²) in [5.41, 5.74) is 1.63. The Morgan fingerprint density at radius 3 is 3.00 bits per heavy atom. The number of carbonyl (C=O) groups is 1. The van der Waals surface area contributed by atoms with Crippen LogP contribution in [0.5, 0.6) is 0 Å². The van der Waals surface area contributed by atoms with Gasteiger partial charge in [0.15, 0.2) is 5.76 Å². The van der Waals surface area contributed by atoms with Crippen LogP contribution >= 0.6 is 23.5 Å². The van der Waals surface area contributed by atoms with Crippen molar-refractivity contribution < 1.29 is 13.6 Å². The molecule has 5 nitrogen and oxygen atoms in total. The SMILES string of the molecule is O=C(NCc1ccco1)c1oc2ccccc2c1CSC1=NCCS1. The molecule has 0 saturated carbocycles. The Morgan fingerprint density at radius 2 is 2.20 bits per heavy atom. The summed E-state index contributed by atoms with van der Waals surface area (Å²) in [5, 5.41) is 3.83. The zero-order chi connectivity index (χ0) is 17.1. The van der Waals surface area contributed by atoms with Crippen LogP contribution in [0, 0.1) is 0 Å². The van der Waals surface area contributed by atoms with E-state index >= 15 is 0 Å². The maximum atomic E-state index is 12.6. The van der Waals surface area contributed by atoms with Gasteiger partial charge in [-0.05, 0) is 18.2 Å². The van der Waals surface area contributed by atoms with Crippen molar-refractivity contribution in [2.24, 2.45) is 4.99 Å². The Morgan fingerprint density at radius 1 is 1.28 bits per heavy atom. The average molecular weight is 372 g/mol. The number of amides is 1. The monoisotopic (exact) mass is 372 g/mol. The average Bonchev–Trinajstić information content (AvgIpc) is 3.38. The molecule has 3 aromatic rings. The molecule has 3 heterocycles. The fraction of sp³-hybridized carbons (Fsp3) is 0.222. The lowest BCUT2D eigenvalue weighted by molar-refractivity contribution is 0.0921. The molecule has 25 heavy (non-hydrogen) atoms. The van der Waals surface area contributed by atoms with Crippen molar-refractivity contribution in [3.8, 4) is 0 Å². The molecule has 0 spiro atoms. The molecule has 1 aromatic carbocycles. The van der Waals surface area contributed by atoms with Crippen molar-refractivity contribution >= 4 is 44.8 Å². The molecule has 1 aliphatic rings. The number of rotatable bonds is 5. The molecule has 4 rings (SSSR count). The number of carbonyl (C=O) groups excluding carboxylic acids is 1. The third kappa shape index (κ3) is 3.62. The van der Waals surface area contributed by atoms with Gasteiger partial charge in [0, 0.05) is 22.5 Å². The highest BCUT2D eigenvalue weighted by molar-refractivity contribution is 8.38. The molecular weight excluding hydrogens is 356 g/mol. The second-order valence-electron chi connectivity index (χ2n) is 5.45. The van der Waals surface area contributed by atoms with Gasteiger partial charge in [-0.2, -0.15) is 0 Å². The van der Waals surface area contributed by atoms with Gasteiger partial charge >= 0.3 is 0 Å². The molecule has 0 unspecified atom stereocenters. The summed E-state index contributed by atoms with van der Waals surface area (Å²) in [6.45, 7) is 1.20. The number of thioether (sulfide) groups is 2. The summed E-state index contributed by atoms with van der Waals surface area (Å²) in [5.74, 6) is 2.53. The molecule has 1 amide bonds. The van der Waals surface area contributed by atoms with E-state index < -0.39 is 0 Å². The minimum absolute atomic E-state index is 0.232. The largest absolute Gasteiger partial charge is 0.467 e. The molecule has 128 valence electrons. The number of aliphatic imine (C=N–C) groups is 1. The van der Waals surface area contributed by atoms with Gasteiger partial charge in [0.05, 0.1) is 19.4 Å². The minimum Gasteiger partial charge on any atom is -0.467 e. The van der Waals surface area contributed by atoms with Gasteiger partial charge < -0.3 is 14.2 Å². The summed E-state index contributed by atoms with van der Waals surface area (Å²) >= 11 is 3.42. The number of hydrogen-bond acceptors (Lipinski definition) is 6. The van der Waals surface area contributed by atoms with Crippen molar-refractivity contribution in [1.29, 1.82) is 0 Å². The third-order valence-corrected chi connectivity index (χ3v) is 6.08. The number of para-hydroxylation sites is 1. The molecular formula is C18H16N2O3S2. The lowest BCUT2D eigenvalue weighted by atomic mass is 10.1. The first-order chi connectivity index (χ1) is 12.3. The van der Waals surface area contributed by atoms with Crippen molar-refractivity contribution in [3.63, 3.8) is 0 Å². The quantitative estimate of drug-likeness (QED) is 0.723. The van der Waals surface area contributed by atoms with Crippen LogP contribution in [0.1, 0.15) is 21.9 Å². The highest BCUT2D eigenvalue weighted by Crippen LogP contribution is 2.32. The summed E-state index contributed by atoms with van der Waals surface area (Å²) in [4.78, 5) is 17.1. The summed E-state index contributed by atoms with van der Waals surface area (Å²) in [6, 6.07) is 11.4. The zero-order valence-corrected chi connectivity index (χ0v) is 15.0. The fourth-order valence-corrected chi connectivity index (χ4v) is 4.66. The summed E-state index contributed by atoms with van der Waals surface area (Å²) in [7, 11) is 0. The first kappa shape index (κ1) is 16.4. The van der Waals surface area contributed by atoms with Crippen LogP contribution < -0.4 is 5.32 Å². The van der Waals surface area contributed by atoms with E-state index in [1.54, 1.807) is 35.9 Å². The van der Waals surface area contributed by atoms with Crippen LogP contribution in [-0.4, -0.2) is 22.6 Å². The van der Waals surface area contributed by atoms with Gasteiger partial charge in [0.2, 0.25) is 0 Å². The molecule has 0 fully saturated rings. The molecule has 2 aromatic heterocycles. The van der Waals surface area contributed by atoms with Gasteiger partial charge in [-0.1, -0.05) is 41.7 Å². The molecule has 0 saturated heterocycles. The Hall–Kier alpha value is -2.12. The molecule has 1 aliphatic heterocycles. The summed E-state index contributed by atoms with van der Waals surface area (Å²) in [6.07, 6.45) is 1.59. The predicted octanol–water partition coefficient (Wildman–Crippen LogP) is 4.29. The van der Waals surface area contributed by atoms with Gasteiger partial charge in [0.25, 0.3) is 5.91 Å². The lowest BCUT2D eigenvalue weighted by Crippen LogP contribution is -2.23. The van der Waals surface area contributed by atoms with Crippen LogP contribution in [0.4, 0.5) is 0 Å². The van der Waals surface area contributed by atoms with E-state index in [2.05, 4.69) is 10.3 Å². The Bertz CT molecular complexity index is 916. The number of nitrogens with one attached hydrogen (secondary N) is 1. The third-order valence-electron chi connectivity index (χ3n) is 3.81. The van der Waals surface area contributed by atoms with E-state index in [9.17, 15) is 4.79 Å². The number of nitrogens with zero attached hydrogens (tertiary/aromatic N) is 1. The van der Waals surface area contributed by atoms with Gasteiger partial charge in [-0.15, -0.1) is 0 Å². The van der Waals surface area contributed by atoms with Crippen molar-refractivity contribution in [2.45, 2.75) is 12.3 Å². The van der Waals surface area contributed by atoms with Gasteiger partial charge in [0.1, 0.15) is 15.7 Å². The van der Waals surface area contributed by atoms with Crippen LogP contribution in [-0.2, 0) is 12.3 Å². The van der Waals surface area contributed by atoms with Crippen LogP contribution in [0.15, 0.2) is 56.5 Å². The Labute approximate surface area is 153 Å². The number of benzene rings is 1. The number of fused-ring (bicyclic) bond motifs is 1. The predicted molar refractivity (Wildman–Crippen MR) is 102 cm³/mol. The first-order valence-electron chi connectivity index (χ1n) is 7.92. The van der Waals surface area contributed by atoms with E-state index in [1.807, 2.05) is 30.3 Å². The maximum absolute atomic E-state index is 12.6. The highest BCUT2D eigenvalue weighted by Gasteiger charge is 2.21. The van der Waals surface area contributed by atoms with Crippen molar-refractivity contribution in [2.75, 3.05) is 12.3 Å². The van der Waals surface area contributed by atoms with E-state index in [0.717, 1.165) is 33.2 Å². The second kappa shape index (κ2) is 7.41. The number of hydrogen-bond donors (Lipinski definition) is 1. The molecule has 0 atom stereocenters. The smallest absolute Gasteiger partial charge is 0.287 e. The van der Waals surface area contributed by atoms with Crippen LogP contribution in [0.3, 0.4) is 0 Å². The Balaban J connectivity index is 1.57. The number of furan rings is 2. The van der Waals surface area contributed by atoms with E-state index in [4.69, 9.17) is 8.83 Å². The normalized spacial score (nSPS) is 14.0. The highest BCUT2D eigenvalue weighted by atomic mass is 32.2. The van der Waals surface area contributed by atoms with E-state index in [0.29, 0.717) is 23.8 Å². The van der Waals surface area contributed by atoms with Crippen LogP contribution in [0.25, 0.3) is 11.0 Å². The van der Waals surface area contributed by atoms with Crippen LogP contribution in [0.2, 0.25) is 0 Å². The molecule has 0 aliphatic carbocycles. The molecule has 0 radical (unpaired) electrons. The van der Waals surface area contributed by atoms with Gasteiger partial charge in [-0.3, -0.25) is 9.79 Å². The fourth-order valence-electron chi connectivity index (χ4n) is 2.62. The minimum atomic E-state index is -0.232. The molecule has 0 bridgehead atoms. The summed E-state index contributed by atoms with van der Waals surface area (Å²) < 4.78 is 12.2. The lowest BCUT2D eigenvalue weighted by Gasteiger charge is -2.04. The van der Waals surface area contributed by atoms with Crippen molar-refractivity contribution in [3.05, 3.63) is 59.7 Å². The molecule has 7 heteroatoms. The second-order valence-corrected chi connectivity index (χ2v) is 7.76. The molecule has 1 N–H and O–H groups in total. The standard InChI is InChI=1S/C18H16N2O3S2/c21-17(20-10-12-4-3-8-22-12)16-14(11-25-18-19-7-9-24-18)13-5-1-2-6-15(13)23-16/h1-6,8H,7,9-11H2,(H,20,21). The van der Waals surface area contributed by atoms with Gasteiger partial charge in [-0.25, -0.2) is 0 Å². The van der Waals surface area contributed by atoms with E-state index in [-0.39, 0.29) is 5.91 Å². The zero-order valence-electron chi connectivity index (χ0n) is 13.4. The topological polar surface area (TPSA) is 67.7 Å².